The molecule has 21 heavy (non-hydrogen) atoms. The molecule has 1 fully saturated rings. The van der Waals surface area contributed by atoms with E-state index >= 15 is 0 Å². The van der Waals surface area contributed by atoms with Gasteiger partial charge in [-0.2, -0.15) is 5.10 Å². The molecular formula is C18H32N2O. The number of nitrogens with zero attached hydrogens (tertiary/aromatic N) is 2. The van der Waals surface area contributed by atoms with Crippen molar-refractivity contribution in [3.05, 3.63) is 17.5 Å². The molecule has 1 heterocycles. The van der Waals surface area contributed by atoms with Gasteiger partial charge < -0.3 is 5.11 Å². The van der Waals surface area contributed by atoms with E-state index in [1.807, 2.05) is 0 Å². The summed E-state index contributed by atoms with van der Waals surface area (Å²) in [5.41, 5.74) is 2.77. The van der Waals surface area contributed by atoms with Crippen molar-refractivity contribution in [2.75, 3.05) is 0 Å². The standard InChI is InChI=1S/C18H32N2O/c1-6-14-12-15(7-2)20(19-14)16-11-13(9-10-17(16)21)18(4,5)8-3/h12-13,16-17,21H,6-11H2,1-5H3. The molecule has 0 aliphatic heterocycles. The first-order chi connectivity index (χ1) is 9.92. The predicted molar refractivity (Wildman–Crippen MR) is 87.4 cm³/mol. The minimum absolute atomic E-state index is 0.157. The molecule has 1 aromatic heterocycles. The zero-order valence-electron chi connectivity index (χ0n) is 14.4. The molecule has 2 rings (SSSR count). The summed E-state index contributed by atoms with van der Waals surface area (Å²) in [6.07, 6.45) is 6.00. The van der Waals surface area contributed by atoms with Crippen molar-refractivity contribution in [2.45, 2.75) is 85.3 Å². The Labute approximate surface area is 129 Å². The monoisotopic (exact) mass is 292 g/mol. The summed E-state index contributed by atoms with van der Waals surface area (Å²) < 4.78 is 2.14. The Kier molecular flexibility index (Phi) is 5.13. The molecule has 0 spiro atoms. The van der Waals surface area contributed by atoms with Crippen molar-refractivity contribution in [1.82, 2.24) is 9.78 Å². The predicted octanol–water partition coefficient (Wildman–Crippen LogP) is 4.15. The molecule has 3 unspecified atom stereocenters. The van der Waals surface area contributed by atoms with Crippen LogP contribution >= 0.6 is 0 Å². The summed E-state index contributed by atoms with van der Waals surface area (Å²) >= 11 is 0. The van der Waals surface area contributed by atoms with Crippen LogP contribution in [-0.4, -0.2) is 21.0 Å². The highest BCUT2D eigenvalue weighted by Gasteiger charge is 2.38. The maximum absolute atomic E-state index is 10.5. The van der Waals surface area contributed by atoms with Crippen LogP contribution in [0.4, 0.5) is 0 Å². The fraction of sp³-hybridized carbons (Fsp3) is 0.833. The molecular weight excluding hydrogens is 260 g/mol. The number of aliphatic hydroxyl groups excluding tert-OH is 1. The zero-order chi connectivity index (χ0) is 15.6. The van der Waals surface area contributed by atoms with Gasteiger partial charge in [-0.25, -0.2) is 0 Å². The van der Waals surface area contributed by atoms with Crippen LogP contribution in [0.25, 0.3) is 0 Å². The molecule has 3 atom stereocenters. The second-order valence-corrected chi connectivity index (χ2v) is 7.27. The third-order valence-electron chi connectivity index (χ3n) is 5.70. The van der Waals surface area contributed by atoms with Gasteiger partial charge in [0.2, 0.25) is 0 Å². The maximum atomic E-state index is 10.5. The van der Waals surface area contributed by atoms with Crippen LogP contribution in [0.5, 0.6) is 0 Å². The first-order valence-corrected chi connectivity index (χ1v) is 8.68. The topological polar surface area (TPSA) is 38.0 Å². The summed E-state index contributed by atoms with van der Waals surface area (Å²) in [5.74, 6) is 0.676. The molecule has 1 aliphatic rings. The fourth-order valence-electron chi connectivity index (χ4n) is 3.61. The van der Waals surface area contributed by atoms with Crippen LogP contribution in [0.2, 0.25) is 0 Å². The van der Waals surface area contributed by atoms with E-state index in [9.17, 15) is 5.11 Å². The van der Waals surface area contributed by atoms with Crippen LogP contribution < -0.4 is 0 Å². The quantitative estimate of drug-likeness (QED) is 0.885. The van der Waals surface area contributed by atoms with Crippen LogP contribution in [0.15, 0.2) is 6.07 Å². The molecule has 1 saturated carbocycles. The number of aryl methyl sites for hydroxylation is 2. The van der Waals surface area contributed by atoms with E-state index in [1.54, 1.807) is 0 Å². The number of hydrogen-bond acceptors (Lipinski definition) is 2. The van der Waals surface area contributed by atoms with Crippen molar-refractivity contribution >= 4 is 0 Å². The minimum atomic E-state index is -0.246. The van der Waals surface area contributed by atoms with Crippen LogP contribution in [0.3, 0.4) is 0 Å². The Hall–Kier alpha value is -0.830. The van der Waals surface area contributed by atoms with E-state index in [2.05, 4.69) is 45.4 Å². The molecule has 0 radical (unpaired) electrons. The molecule has 120 valence electrons. The highest BCUT2D eigenvalue weighted by Crippen LogP contribution is 2.44. The van der Waals surface area contributed by atoms with Crippen molar-refractivity contribution in [3.8, 4) is 0 Å². The zero-order valence-corrected chi connectivity index (χ0v) is 14.4. The first-order valence-electron chi connectivity index (χ1n) is 8.68. The summed E-state index contributed by atoms with van der Waals surface area (Å²) in [5, 5.41) is 15.3. The van der Waals surface area contributed by atoms with Crippen LogP contribution in [0, 0.1) is 11.3 Å². The van der Waals surface area contributed by atoms with Gasteiger partial charge in [0.25, 0.3) is 0 Å². The smallest absolute Gasteiger partial charge is 0.0784 e. The number of rotatable bonds is 5. The van der Waals surface area contributed by atoms with Crippen molar-refractivity contribution in [1.29, 1.82) is 0 Å². The SMILES string of the molecule is CCc1cc(CC)n(C2CC(C(C)(C)CC)CCC2O)n1. The average molecular weight is 292 g/mol. The molecule has 1 aliphatic carbocycles. The van der Waals surface area contributed by atoms with E-state index < -0.39 is 0 Å². The van der Waals surface area contributed by atoms with Gasteiger partial charge in [0, 0.05) is 5.69 Å². The fourth-order valence-corrected chi connectivity index (χ4v) is 3.61. The molecule has 3 nitrogen and oxygen atoms in total. The van der Waals surface area contributed by atoms with Gasteiger partial charge in [0.1, 0.15) is 0 Å². The Bertz CT molecular complexity index is 464. The molecule has 1 aromatic rings. The van der Waals surface area contributed by atoms with Crippen molar-refractivity contribution < 1.29 is 5.11 Å². The third-order valence-corrected chi connectivity index (χ3v) is 5.70. The van der Waals surface area contributed by atoms with Gasteiger partial charge >= 0.3 is 0 Å². The lowest BCUT2D eigenvalue weighted by Crippen LogP contribution is -2.38. The lowest BCUT2D eigenvalue weighted by Gasteiger charge is -2.42. The van der Waals surface area contributed by atoms with Gasteiger partial charge in [-0.3, -0.25) is 4.68 Å². The number of aromatic nitrogens is 2. The van der Waals surface area contributed by atoms with Crippen molar-refractivity contribution in [3.63, 3.8) is 0 Å². The second kappa shape index (κ2) is 6.51. The normalized spacial score (nSPS) is 27.0. The molecule has 0 amide bonds. The summed E-state index contributed by atoms with van der Waals surface area (Å²) in [7, 11) is 0. The molecule has 3 heteroatoms. The van der Waals surface area contributed by atoms with Crippen molar-refractivity contribution in [2.24, 2.45) is 11.3 Å². The average Bonchev–Trinajstić information content (AvgIpc) is 2.90. The molecule has 0 bridgehead atoms. The van der Waals surface area contributed by atoms with E-state index in [0.717, 1.165) is 37.8 Å². The largest absolute Gasteiger partial charge is 0.391 e. The lowest BCUT2D eigenvalue weighted by atomic mass is 9.68. The van der Waals surface area contributed by atoms with E-state index in [4.69, 9.17) is 5.10 Å². The minimum Gasteiger partial charge on any atom is -0.391 e. The summed E-state index contributed by atoms with van der Waals surface area (Å²) in [4.78, 5) is 0. The van der Waals surface area contributed by atoms with E-state index in [0.29, 0.717) is 11.3 Å². The molecule has 0 saturated heterocycles. The third kappa shape index (κ3) is 3.33. The van der Waals surface area contributed by atoms with Crippen LogP contribution in [-0.2, 0) is 12.8 Å². The molecule has 1 N–H and O–H groups in total. The number of hydrogen-bond donors (Lipinski definition) is 1. The Morgan fingerprint density at radius 1 is 1.24 bits per heavy atom. The Morgan fingerprint density at radius 3 is 2.52 bits per heavy atom. The summed E-state index contributed by atoms with van der Waals surface area (Å²) in [6.45, 7) is 11.3. The van der Waals surface area contributed by atoms with Crippen LogP contribution in [0.1, 0.15) is 77.7 Å². The second-order valence-electron chi connectivity index (χ2n) is 7.27. The van der Waals surface area contributed by atoms with E-state index in [-0.39, 0.29) is 12.1 Å². The highest BCUT2D eigenvalue weighted by molar-refractivity contribution is 5.12. The Balaban J connectivity index is 2.26. The lowest BCUT2D eigenvalue weighted by molar-refractivity contribution is 0.0136. The van der Waals surface area contributed by atoms with Gasteiger partial charge in [0.15, 0.2) is 0 Å². The maximum Gasteiger partial charge on any atom is 0.0784 e. The highest BCUT2D eigenvalue weighted by atomic mass is 16.3. The number of aliphatic hydroxyl groups is 1. The summed E-state index contributed by atoms with van der Waals surface area (Å²) in [6, 6.07) is 2.37. The van der Waals surface area contributed by atoms with Gasteiger partial charge in [-0.05, 0) is 49.5 Å². The Morgan fingerprint density at radius 2 is 1.95 bits per heavy atom. The van der Waals surface area contributed by atoms with Gasteiger partial charge in [0.05, 0.1) is 17.8 Å². The van der Waals surface area contributed by atoms with Gasteiger partial charge in [-0.1, -0.05) is 41.0 Å². The first kappa shape index (κ1) is 16.5. The van der Waals surface area contributed by atoms with Gasteiger partial charge in [-0.15, -0.1) is 0 Å². The van der Waals surface area contributed by atoms with E-state index in [1.165, 1.54) is 12.1 Å². The molecule has 0 aromatic carbocycles.